The molecular formula is C25H28N4O3S. The first-order valence-electron chi connectivity index (χ1n) is 11.2. The van der Waals surface area contributed by atoms with Crippen molar-refractivity contribution in [3.63, 3.8) is 0 Å². The molecule has 0 radical (unpaired) electrons. The lowest BCUT2D eigenvalue weighted by molar-refractivity contribution is -0.124. The number of nitrogens with zero attached hydrogens (tertiary/aromatic N) is 2. The van der Waals surface area contributed by atoms with Crippen molar-refractivity contribution in [1.82, 2.24) is 9.97 Å². The van der Waals surface area contributed by atoms with Gasteiger partial charge in [-0.1, -0.05) is 27.7 Å². The molecule has 8 heteroatoms. The van der Waals surface area contributed by atoms with Gasteiger partial charge in [0.15, 0.2) is 6.10 Å². The molecule has 2 unspecified atom stereocenters. The van der Waals surface area contributed by atoms with Crippen LogP contribution in [0, 0.1) is 22.7 Å². The molecule has 7 nitrogen and oxygen atoms in total. The number of anilines is 1. The van der Waals surface area contributed by atoms with E-state index in [-0.39, 0.29) is 5.41 Å². The minimum atomic E-state index is -0.956. The number of H-pyrrole nitrogens is 1. The SMILES string of the molecule is CCC(OC(=O)c1ccc2nc[nH]c2c1)C(=O)Nc1sc2c(c1C#N)CCC(C(C)(C)C)C2. The zero-order valence-electron chi connectivity index (χ0n) is 19.3. The van der Waals surface area contributed by atoms with E-state index < -0.39 is 18.0 Å². The Hall–Kier alpha value is -3.18. The fourth-order valence-electron chi connectivity index (χ4n) is 4.31. The van der Waals surface area contributed by atoms with Crippen molar-refractivity contribution in [1.29, 1.82) is 5.26 Å². The Kier molecular flexibility index (Phi) is 6.26. The molecule has 172 valence electrons. The number of carbonyl (C=O) groups is 2. The molecule has 3 aromatic rings. The van der Waals surface area contributed by atoms with Gasteiger partial charge in [0.05, 0.1) is 28.5 Å². The lowest BCUT2D eigenvalue weighted by Gasteiger charge is -2.33. The van der Waals surface area contributed by atoms with Crippen molar-refractivity contribution in [2.24, 2.45) is 11.3 Å². The number of rotatable bonds is 5. The van der Waals surface area contributed by atoms with Crippen molar-refractivity contribution < 1.29 is 14.3 Å². The van der Waals surface area contributed by atoms with Crippen molar-refractivity contribution in [2.75, 3.05) is 5.32 Å². The van der Waals surface area contributed by atoms with Crippen LogP contribution in [0.15, 0.2) is 24.5 Å². The molecule has 0 saturated heterocycles. The Morgan fingerprint density at radius 2 is 2.18 bits per heavy atom. The van der Waals surface area contributed by atoms with Crippen LogP contribution >= 0.6 is 11.3 Å². The number of esters is 1. The molecule has 2 atom stereocenters. The van der Waals surface area contributed by atoms with Crippen molar-refractivity contribution in [2.45, 2.75) is 59.5 Å². The molecule has 2 aromatic heterocycles. The number of aromatic nitrogens is 2. The van der Waals surface area contributed by atoms with Crippen molar-refractivity contribution in [3.05, 3.63) is 46.1 Å². The number of thiophene rings is 1. The predicted molar refractivity (Wildman–Crippen MR) is 128 cm³/mol. The summed E-state index contributed by atoms with van der Waals surface area (Å²) in [5.41, 5.74) is 3.60. The molecule has 0 spiro atoms. The first kappa shape index (κ1) is 23.0. The average molecular weight is 465 g/mol. The number of hydrogen-bond donors (Lipinski definition) is 2. The number of hydrogen-bond acceptors (Lipinski definition) is 6. The number of benzene rings is 1. The highest BCUT2D eigenvalue weighted by Crippen LogP contribution is 2.44. The van der Waals surface area contributed by atoms with E-state index in [0.29, 0.717) is 28.5 Å². The summed E-state index contributed by atoms with van der Waals surface area (Å²) in [5, 5.41) is 13.2. The van der Waals surface area contributed by atoms with Gasteiger partial charge in [-0.05, 0) is 60.8 Å². The molecule has 2 N–H and O–H groups in total. The predicted octanol–water partition coefficient (Wildman–Crippen LogP) is 5.22. The third-order valence-electron chi connectivity index (χ3n) is 6.41. The van der Waals surface area contributed by atoms with Gasteiger partial charge in [-0.15, -0.1) is 11.3 Å². The highest BCUT2D eigenvalue weighted by atomic mass is 32.1. The summed E-state index contributed by atoms with van der Waals surface area (Å²) in [5.74, 6) is -0.460. The topological polar surface area (TPSA) is 108 Å². The summed E-state index contributed by atoms with van der Waals surface area (Å²) in [6.07, 6.45) is 3.71. The van der Waals surface area contributed by atoms with E-state index in [9.17, 15) is 14.9 Å². The van der Waals surface area contributed by atoms with Gasteiger partial charge in [0, 0.05) is 4.88 Å². The quantitative estimate of drug-likeness (QED) is 0.503. The van der Waals surface area contributed by atoms with E-state index in [4.69, 9.17) is 4.74 Å². The normalized spacial score (nSPS) is 16.6. The Labute approximate surface area is 197 Å². The maximum atomic E-state index is 13.0. The van der Waals surface area contributed by atoms with Gasteiger partial charge < -0.3 is 15.0 Å². The maximum Gasteiger partial charge on any atom is 0.338 e. The Bertz CT molecular complexity index is 1240. The molecule has 0 aliphatic heterocycles. The molecule has 0 fully saturated rings. The lowest BCUT2D eigenvalue weighted by atomic mass is 9.72. The molecule has 1 aliphatic carbocycles. The number of aromatic amines is 1. The van der Waals surface area contributed by atoms with Gasteiger partial charge in [0.25, 0.3) is 5.91 Å². The number of fused-ring (bicyclic) bond motifs is 2. The molecule has 1 aromatic carbocycles. The lowest BCUT2D eigenvalue weighted by Crippen LogP contribution is -2.32. The molecular weight excluding hydrogens is 436 g/mol. The molecule has 1 amide bonds. The molecule has 1 aliphatic rings. The monoisotopic (exact) mass is 464 g/mol. The van der Waals surface area contributed by atoms with E-state index in [0.717, 1.165) is 35.9 Å². The summed E-state index contributed by atoms with van der Waals surface area (Å²) >= 11 is 1.47. The van der Waals surface area contributed by atoms with Crippen LogP contribution in [0.2, 0.25) is 0 Å². The number of amides is 1. The van der Waals surface area contributed by atoms with Crippen LogP contribution in [0.1, 0.15) is 66.9 Å². The van der Waals surface area contributed by atoms with Gasteiger partial charge in [-0.3, -0.25) is 4.79 Å². The van der Waals surface area contributed by atoms with Crippen LogP contribution in [-0.4, -0.2) is 27.9 Å². The summed E-state index contributed by atoms with van der Waals surface area (Å²) < 4.78 is 5.52. The fraction of sp³-hybridized carbons (Fsp3) is 0.440. The summed E-state index contributed by atoms with van der Waals surface area (Å²) in [6, 6.07) is 7.29. The molecule has 0 saturated carbocycles. The first-order chi connectivity index (χ1) is 15.7. The van der Waals surface area contributed by atoms with Crippen molar-refractivity contribution in [3.8, 4) is 6.07 Å². The summed E-state index contributed by atoms with van der Waals surface area (Å²) in [4.78, 5) is 33.9. The van der Waals surface area contributed by atoms with Gasteiger partial charge in [-0.2, -0.15) is 5.26 Å². The van der Waals surface area contributed by atoms with Gasteiger partial charge in [0.2, 0.25) is 0 Å². The number of nitriles is 1. The molecule has 2 heterocycles. The minimum Gasteiger partial charge on any atom is -0.449 e. The second kappa shape index (κ2) is 8.99. The highest BCUT2D eigenvalue weighted by Gasteiger charge is 2.33. The van der Waals surface area contributed by atoms with E-state index in [1.54, 1.807) is 31.5 Å². The van der Waals surface area contributed by atoms with Gasteiger partial charge >= 0.3 is 5.97 Å². The van der Waals surface area contributed by atoms with Crippen LogP contribution in [0.5, 0.6) is 0 Å². The molecule has 0 bridgehead atoms. The standard InChI is InChI=1S/C25H28N4O3S/c1-5-20(32-24(31)14-6-9-18-19(10-14)28-13-27-18)22(30)29-23-17(12-26)16-8-7-15(25(2,3)4)11-21(16)33-23/h6,9-10,13,15,20H,5,7-8,11H2,1-4H3,(H,27,28)(H,29,30). The Morgan fingerprint density at radius 3 is 2.88 bits per heavy atom. The Morgan fingerprint density at radius 1 is 1.39 bits per heavy atom. The fourth-order valence-corrected chi connectivity index (χ4v) is 5.59. The van der Waals surface area contributed by atoms with Crippen LogP contribution in [-0.2, 0) is 22.4 Å². The summed E-state index contributed by atoms with van der Waals surface area (Å²) in [7, 11) is 0. The summed E-state index contributed by atoms with van der Waals surface area (Å²) in [6.45, 7) is 8.52. The maximum absolute atomic E-state index is 13.0. The third kappa shape index (κ3) is 4.64. The highest BCUT2D eigenvalue weighted by molar-refractivity contribution is 7.16. The van der Waals surface area contributed by atoms with E-state index in [1.807, 2.05) is 0 Å². The second-order valence-corrected chi connectivity index (χ2v) is 10.7. The Balaban J connectivity index is 1.49. The molecule has 33 heavy (non-hydrogen) atoms. The van der Waals surface area contributed by atoms with Gasteiger partial charge in [0.1, 0.15) is 11.1 Å². The number of imidazole rings is 1. The van der Waals surface area contributed by atoms with E-state index >= 15 is 0 Å². The van der Waals surface area contributed by atoms with E-state index in [1.165, 1.54) is 16.2 Å². The largest absolute Gasteiger partial charge is 0.449 e. The zero-order valence-corrected chi connectivity index (χ0v) is 20.1. The zero-order chi connectivity index (χ0) is 23.8. The average Bonchev–Trinajstić information content (AvgIpc) is 3.39. The minimum absolute atomic E-state index is 0.193. The van der Waals surface area contributed by atoms with Crippen molar-refractivity contribution >= 4 is 39.2 Å². The van der Waals surface area contributed by atoms with E-state index in [2.05, 4.69) is 42.1 Å². The van der Waals surface area contributed by atoms with Crippen LogP contribution < -0.4 is 5.32 Å². The molecule has 4 rings (SSSR count). The number of ether oxygens (including phenoxy) is 1. The van der Waals surface area contributed by atoms with Crippen LogP contribution in [0.4, 0.5) is 5.00 Å². The smallest absolute Gasteiger partial charge is 0.338 e. The van der Waals surface area contributed by atoms with Crippen LogP contribution in [0.25, 0.3) is 11.0 Å². The third-order valence-corrected chi connectivity index (χ3v) is 7.58. The second-order valence-electron chi connectivity index (χ2n) is 9.55. The van der Waals surface area contributed by atoms with Crippen LogP contribution in [0.3, 0.4) is 0 Å². The first-order valence-corrected chi connectivity index (χ1v) is 12.0. The number of nitrogens with one attached hydrogen (secondary N) is 2. The van der Waals surface area contributed by atoms with Gasteiger partial charge in [-0.25, -0.2) is 9.78 Å². The number of carbonyl (C=O) groups excluding carboxylic acids is 2.